The molecule has 3 amide bonds. The minimum Gasteiger partial charge on any atom is -0.459 e. The van der Waals surface area contributed by atoms with Crippen LogP contribution in [0.5, 0.6) is 11.5 Å². The van der Waals surface area contributed by atoms with Crippen molar-refractivity contribution in [3.05, 3.63) is 77.7 Å². The highest BCUT2D eigenvalue weighted by Gasteiger charge is 2.26. The SMILES string of the molecule is O=C(Nc1ccccc1Oc1ccccc1Cl)N1CCN(C(=O)c2ccco2)CC1. The van der Waals surface area contributed by atoms with Gasteiger partial charge in [-0.1, -0.05) is 35.9 Å². The number of urea groups is 1. The van der Waals surface area contributed by atoms with Crippen LogP contribution in [0, 0.1) is 0 Å². The number of furan rings is 1. The highest BCUT2D eigenvalue weighted by atomic mass is 35.5. The molecule has 0 unspecified atom stereocenters. The van der Waals surface area contributed by atoms with Gasteiger partial charge in [0.05, 0.1) is 17.0 Å². The van der Waals surface area contributed by atoms with Gasteiger partial charge < -0.3 is 24.3 Å². The van der Waals surface area contributed by atoms with E-state index in [9.17, 15) is 9.59 Å². The molecular formula is C22H20ClN3O4. The van der Waals surface area contributed by atoms with Crippen LogP contribution in [-0.2, 0) is 0 Å². The molecule has 0 radical (unpaired) electrons. The predicted molar refractivity (Wildman–Crippen MR) is 113 cm³/mol. The van der Waals surface area contributed by atoms with E-state index < -0.39 is 0 Å². The van der Waals surface area contributed by atoms with Crippen molar-refractivity contribution in [2.45, 2.75) is 0 Å². The number of nitrogens with one attached hydrogen (secondary N) is 1. The van der Waals surface area contributed by atoms with Crippen molar-refractivity contribution in [2.24, 2.45) is 0 Å². The van der Waals surface area contributed by atoms with Gasteiger partial charge in [0.25, 0.3) is 5.91 Å². The summed E-state index contributed by atoms with van der Waals surface area (Å²) in [6, 6.07) is 17.4. The molecule has 8 heteroatoms. The number of piperazine rings is 1. The molecule has 0 atom stereocenters. The number of benzene rings is 2. The lowest BCUT2D eigenvalue weighted by Gasteiger charge is -2.34. The summed E-state index contributed by atoms with van der Waals surface area (Å²) in [5.41, 5.74) is 0.538. The quantitative estimate of drug-likeness (QED) is 0.656. The van der Waals surface area contributed by atoms with Gasteiger partial charge in [-0.05, 0) is 36.4 Å². The Balaban J connectivity index is 1.38. The number of hydrogen-bond acceptors (Lipinski definition) is 4. The molecule has 154 valence electrons. The standard InChI is InChI=1S/C22H20ClN3O4/c23-16-6-1-3-8-18(16)30-19-9-4-2-7-17(19)24-22(28)26-13-11-25(12-14-26)21(27)20-10-5-15-29-20/h1-10,15H,11-14H2,(H,24,28). The lowest BCUT2D eigenvalue weighted by atomic mass is 10.2. The Labute approximate surface area is 178 Å². The minimum atomic E-state index is -0.254. The van der Waals surface area contributed by atoms with E-state index in [2.05, 4.69) is 5.32 Å². The molecule has 3 aromatic rings. The van der Waals surface area contributed by atoms with Crippen molar-refractivity contribution >= 4 is 29.2 Å². The number of para-hydroxylation sites is 3. The van der Waals surface area contributed by atoms with Gasteiger partial charge in [0.15, 0.2) is 11.5 Å². The molecule has 2 aromatic carbocycles. The monoisotopic (exact) mass is 425 g/mol. The van der Waals surface area contributed by atoms with Crippen LogP contribution in [0.25, 0.3) is 0 Å². The maximum absolute atomic E-state index is 12.8. The zero-order valence-electron chi connectivity index (χ0n) is 16.1. The van der Waals surface area contributed by atoms with Gasteiger partial charge >= 0.3 is 6.03 Å². The summed E-state index contributed by atoms with van der Waals surface area (Å²) in [4.78, 5) is 28.5. The second kappa shape index (κ2) is 8.92. The molecule has 0 aliphatic carbocycles. The summed E-state index contributed by atoms with van der Waals surface area (Å²) in [6.07, 6.45) is 1.47. The third-order valence-electron chi connectivity index (χ3n) is 4.77. The maximum Gasteiger partial charge on any atom is 0.322 e. The Morgan fingerprint density at radius 1 is 0.867 bits per heavy atom. The van der Waals surface area contributed by atoms with Gasteiger partial charge in [-0.2, -0.15) is 0 Å². The number of ether oxygens (including phenoxy) is 1. The fourth-order valence-corrected chi connectivity index (χ4v) is 3.34. The molecule has 2 heterocycles. The topological polar surface area (TPSA) is 75.0 Å². The second-order valence-electron chi connectivity index (χ2n) is 6.72. The highest BCUT2D eigenvalue weighted by Crippen LogP contribution is 2.33. The van der Waals surface area contributed by atoms with Crippen molar-refractivity contribution in [1.29, 1.82) is 0 Å². The van der Waals surface area contributed by atoms with Gasteiger partial charge in [-0.25, -0.2) is 4.79 Å². The van der Waals surface area contributed by atoms with Crippen LogP contribution in [-0.4, -0.2) is 47.9 Å². The molecule has 1 saturated heterocycles. The molecule has 1 aromatic heterocycles. The first-order valence-electron chi connectivity index (χ1n) is 9.52. The molecule has 7 nitrogen and oxygen atoms in total. The smallest absolute Gasteiger partial charge is 0.322 e. The third-order valence-corrected chi connectivity index (χ3v) is 5.08. The molecule has 1 aliphatic rings. The minimum absolute atomic E-state index is 0.168. The summed E-state index contributed by atoms with van der Waals surface area (Å²) >= 11 is 6.17. The molecule has 4 rings (SSSR count). The zero-order chi connectivity index (χ0) is 20.9. The van der Waals surface area contributed by atoms with E-state index in [0.717, 1.165) is 0 Å². The summed E-state index contributed by atoms with van der Waals surface area (Å²) < 4.78 is 11.1. The van der Waals surface area contributed by atoms with E-state index in [-0.39, 0.29) is 11.9 Å². The molecule has 0 saturated carbocycles. The van der Waals surface area contributed by atoms with E-state index in [1.165, 1.54) is 6.26 Å². The number of halogens is 1. The van der Waals surface area contributed by atoms with Crippen LogP contribution >= 0.6 is 11.6 Å². The molecule has 1 N–H and O–H groups in total. The number of anilines is 1. The summed E-state index contributed by atoms with van der Waals surface area (Å²) in [7, 11) is 0. The lowest BCUT2D eigenvalue weighted by Crippen LogP contribution is -2.51. The molecule has 1 aliphatic heterocycles. The van der Waals surface area contributed by atoms with E-state index in [1.54, 1.807) is 46.2 Å². The van der Waals surface area contributed by atoms with Gasteiger partial charge in [0.2, 0.25) is 0 Å². The Morgan fingerprint density at radius 3 is 2.23 bits per heavy atom. The van der Waals surface area contributed by atoms with Crippen LogP contribution in [0.3, 0.4) is 0 Å². The average Bonchev–Trinajstić information content (AvgIpc) is 3.31. The summed E-state index contributed by atoms with van der Waals surface area (Å²) in [5, 5.41) is 3.37. The van der Waals surface area contributed by atoms with Crippen molar-refractivity contribution in [3.63, 3.8) is 0 Å². The zero-order valence-corrected chi connectivity index (χ0v) is 16.8. The van der Waals surface area contributed by atoms with Crippen molar-refractivity contribution in [2.75, 3.05) is 31.5 Å². The number of rotatable bonds is 4. The van der Waals surface area contributed by atoms with Crippen LogP contribution < -0.4 is 10.1 Å². The Bertz CT molecular complexity index is 1030. The van der Waals surface area contributed by atoms with Crippen LogP contribution in [0.4, 0.5) is 10.5 Å². The lowest BCUT2D eigenvalue weighted by molar-refractivity contribution is 0.0640. The Morgan fingerprint density at radius 2 is 1.53 bits per heavy atom. The second-order valence-corrected chi connectivity index (χ2v) is 7.12. The van der Waals surface area contributed by atoms with Gasteiger partial charge in [0, 0.05) is 26.2 Å². The molecule has 1 fully saturated rings. The fraction of sp³-hybridized carbons (Fsp3) is 0.182. The summed E-state index contributed by atoms with van der Waals surface area (Å²) in [5.74, 6) is 1.13. The van der Waals surface area contributed by atoms with Crippen LogP contribution in [0.2, 0.25) is 5.02 Å². The van der Waals surface area contributed by atoms with Crippen molar-refractivity contribution in [3.8, 4) is 11.5 Å². The number of carbonyl (C=O) groups excluding carboxylic acids is 2. The number of hydrogen-bond donors (Lipinski definition) is 1. The van der Waals surface area contributed by atoms with E-state index in [4.69, 9.17) is 20.8 Å². The number of carbonyl (C=O) groups is 2. The molecule has 0 spiro atoms. The normalized spacial score (nSPS) is 13.8. The third kappa shape index (κ3) is 4.41. The number of nitrogens with zero attached hydrogens (tertiary/aromatic N) is 2. The Kier molecular flexibility index (Phi) is 5.90. The van der Waals surface area contributed by atoms with Gasteiger partial charge in [-0.15, -0.1) is 0 Å². The van der Waals surface area contributed by atoms with Gasteiger partial charge in [0.1, 0.15) is 5.75 Å². The Hall–Kier alpha value is -3.45. The van der Waals surface area contributed by atoms with Crippen LogP contribution in [0.1, 0.15) is 10.6 Å². The first kappa shape index (κ1) is 19.8. The van der Waals surface area contributed by atoms with E-state index in [1.807, 2.05) is 24.3 Å². The first-order chi connectivity index (χ1) is 14.6. The largest absolute Gasteiger partial charge is 0.459 e. The predicted octanol–water partition coefficient (Wildman–Crippen LogP) is 4.72. The van der Waals surface area contributed by atoms with E-state index in [0.29, 0.717) is 54.1 Å². The first-order valence-corrected chi connectivity index (χ1v) is 9.90. The fourth-order valence-electron chi connectivity index (χ4n) is 3.17. The average molecular weight is 426 g/mol. The molecule has 30 heavy (non-hydrogen) atoms. The molecule has 0 bridgehead atoms. The van der Waals surface area contributed by atoms with Gasteiger partial charge in [-0.3, -0.25) is 4.79 Å². The van der Waals surface area contributed by atoms with Crippen molar-refractivity contribution in [1.82, 2.24) is 9.80 Å². The maximum atomic E-state index is 12.8. The van der Waals surface area contributed by atoms with Crippen molar-refractivity contribution < 1.29 is 18.7 Å². The number of amides is 3. The van der Waals surface area contributed by atoms with Crippen LogP contribution in [0.15, 0.2) is 71.3 Å². The molecular weight excluding hydrogens is 406 g/mol. The van der Waals surface area contributed by atoms with E-state index >= 15 is 0 Å². The summed E-state index contributed by atoms with van der Waals surface area (Å²) in [6.45, 7) is 1.72. The highest BCUT2D eigenvalue weighted by molar-refractivity contribution is 6.32.